The molecule has 0 fully saturated rings. The first kappa shape index (κ1) is 12.2. The van der Waals surface area contributed by atoms with Crippen LogP contribution in [0.15, 0.2) is 41.6 Å². The third kappa shape index (κ3) is 3.11. The zero-order valence-corrected chi connectivity index (χ0v) is 10.9. The molecule has 0 amide bonds. The summed E-state index contributed by atoms with van der Waals surface area (Å²) in [5, 5.41) is 4.14. The van der Waals surface area contributed by atoms with Crippen molar-refractivity contribution < 1.29 is 0 Å². The zero-order valence-electron chi connectivity index (χ0n) is 10.1. The smallest absolute Gasteiger partial charge is 0.0625 e. The molecule has 0 saturated carbocycles. The van der Waals surface area contributed by atoms with Gasteiger partial charge in [0.1, 0.15) is 0 Å². The number of nitrogens with zero attached hydrogens (tertiary/aromatic N) is 2. The van der Waals surface area contributed by atoms with Gasteiger partial charge in [0, 0.05) is 29.9 Å². The molecule has 1 atom stereocenters. The van der Waals surface area contributed by atoms with E-state index in [4.69, 9.17) is 5.73 Å². The van der Waals surface area contributed by atoms with E-state index in [2.05, 4.69) is 24.2 Å². The van der Waals surface area contributed by atoms with E-state index in [0.717, 1.165) is 10.6 Å². The van der Waals surface area contributed by atoms with E-state index in [0.29, 0.717) is 0 Å². The fourth-order valence-corrected chi connectivity index (χ4v) is 2.65. The van der Waals surface area contributed by atoms with Crippen molar-refractivity contribution in [2.75, 3.05) is 5.75 Å². The predicted molar refractivity (Wildman–Crippen MR) is 72.0 cm³/mol. The van der Waals surface area contributed by atoms with E-state index in [9.17, 15) is 0 Å². The van der Waals surface area contributed by atoms with Crippen molar-refractivity contribution in [3.8, 4) is 0 Å². The van der Waals surface area contributed by atoms with Crippen molar-refractivity contribution in [1.29, 1.82) is 0 Å². The van der Waals surface area contributed by atoms with Crippen LogP contribution in [0.5, 0.6) is 0 Å². The van der Waals surface area contributed by atoms with Crippen LogP contribution in [0.1, 0.15) is 17.2 Å². The molecule has 0 aliphatic rings. The van der Waals surface area contributed by atoms with Crippen molar-refractivity contribution in [2.24, 2.45) is 12.8 Å². The van der Waals surface area contributed by atoms with Crippen LogP contribution in [0.2, 0.25) is 0 Å². The molecule has 3 nitrogen and oxygen atoms in total. The van der Waals surface area contributed by atoms with Crippen molar-refractivity contribution in [2.45, 2.75) is 17.9 Å². The van der Waals surface area contributed by atoms with Crippen LogP contribution >= 0.6 is 11.8 Å². The molecule has 2 N–H and O–H groups in total. The molecule has 1 aromatic carbocycles. The number of hydrogen-bond donors (Lipinski definition) is 1. The first-order valence-corrected chi connectivity index (χ1v) is 6.58. The summed E-state index contributed by atoms with van der Waals surface area (Å²) in [6.07, 6.45) is 3.88. The second-order valence-corrected chi connectivity index (χ2v) is 5.22. The number of benzene rings is 1. The van der Waals surface area contributed by atoms with E-state index in [1.54, 1.807) is 11.8 Å². The van der Waals surface area contributed by atoms with Crippen LogP contribution in [0.3, 0.4) is 0 Å². The molecule has 1 unspecified atom stereocenters. The largest absolute Gasteiger partial charge is 0.323 e. The first-order valence-electron chi connectivity index (χ1n) is 5.59. The standard InChI is InChI=1S/C13H17N3S/c1-10-5-3-4-6-12(10)13(14)9-17-11-7-15-16(2)8-11/h3-8,13H,9,14H2,1-2H3. The maximum absolute atomic E-state index is 6.20. The normalized spacial score (nSPS) is 12.6. The van der Waals surface area contributed by atoms with Gasteiger partial charge in [0.25, 0.3) is 0 Å². The molecular formula is C13H17N3S. The van der Waals surface area contributed by atoms with E-state index in [1.165, 1.54) is 11.1 Å². The Morgan fingerprint density at radius 1 is 1.41 bits per heavy atom. The van der Waals surface area contributed by atoms with Gasteiger partial charge in [0.2, 0.25) is 0 Å². The maximum atomic E-state index is 6.20. The van der Waals surface area contributed by atoms with Gasteiger partial charge in [-0.05, 0) is 18.1 Å². The Kier molecular flexibility index (Phi) is 3.86. The Hall–Kier alpha value is -1.26. The SMILES string of the molecule is Cc1ccccc1C(N)CSc1cnn(C)c1. The van der Waals surface area contributed by atoms with Gasteiger partial charge in [-0.1, -0.05) is 24.3 Å². The molecule has 17 heavy (non-hydrogen) atoms. The van der Waals surface area contributed by atoms with Crippen molar-refractivity contribution in [1.82, 2.24) is 9.78 Å². The molecule has 4 heteroatoms. The molecule has 0 aliphatic heterocycles. The quantitative estimate of drug-likeness (QED) is 0.844. The number of hydrogen-bond acceptors (Lipinski definition) is 3. The van der Waals surface area contributed by atoms with Crippen LogP contribution in [0, 0.1) is 6.92 Å². The molecule has 2 rings (SSSR count). The van der Waals surface area contributed by atoms with E-state index < -0.39 is 0 Å². The summed E-state index contributed by atoms with van der Waals surface area (Å²) in [5.74, 6) is 0.872. The molecule has 0 spiro atoms. The summed E-state index contributed by atoms with van der Waals surface area (Å²) in [4.78, 5) is 1.16. The minimum Gasteiger partial charge on any atom is -0.323 e. The molecule has 1 aromatic heterocycles. The van der Waals surface area contributed by atoms with Gasteiger partial charge in [0.05, 0.1) is 6.20 Å². The average Bonchev–Trinajstić information content (AvgIpc) is 2.73. The fourth-order valence-electron chi connectivity index (χ4n) is 1.75. The lowest BCUT2D eigenvalue weighted by Crippen LogP contribution is -2.14. The number of aryl methyl sites for hydroxylation is 2. The van der Waals surface area contributed by atoms with Gasteiger partial charge in [-0.3, -0.25) is 4.68 Å². The van der Waals surface area contributed by atoms with Crippen LogP contribution < -0.4 is 5.73 Å². The number of thioether (sulfide) groups is 1. The zero-order chi connectivity index (χ0) is 12.3. The molecule has 0 radical (unpaired) electrons. The third-order valence-electron chi connectivity index (χ3n) is 2.70. The predicted octanol–water partition coefficient (Wildman–Crippen LogP) is 2.52. The van der Waals surface area contributed by atoms with Gasteiger partial charge in [0.15, 0.2) is 0 Å². The summed E-state index contributed by atoms with van der Waals surface area (Å²) in [5.41, 5.74) is 8.68. The van der Waals surface area contributed by atoms with Gasteiger partial charge in [-0.2, -0.15) is 5.10 Å². The second-order valence-electron chi connectivity index (χ2n) is 4.12. The number of aromatic nitrogens is 2. The highest BCUT2D eigenvalue weighted by molar-refractivity contribution is 7.99. The maximum Gasteiger partial charge on any atom is 0.0625 e. The van der Waals surface area contributed by atoms with Crippen molar-refractivity contribution in [3.05, 3.63) is 47.8 Å². The Bertz CT molecular complexity index is 493. The Balaban J connectivity index is 1.98. The second kappa shape index (κ2) is 5.38. The fraction of sp³-hybridized carbons (Fsp3) is 0.308. The highest BCUT2D eigenvalue weighted by atomic mass is 32.2. The molecule has 2 aromatic rings. The summed E-state index contributed by atoms with van der Waals surface area (Å²) in [7, 11) is 1.92. The number of rotatable bonds is 4. The van der Waals surface area contributed by atoms with Crippen LogP contribution in [0.25, 0.3) is 0 Å². The van der Waals surface area contributed by atoms with Crippen LogP contribution in [-0.2, 0) is 7.05 Å². The third-order valence-corrected chi connectivity index (χ3v) is 3.77. The van der Waals surface area contributed by atoms with Gasteiger partial charge in [-0.25, -0.2) is 0 Å². The molecular weight excluding hydrogens is 230 g/mol. The highest BCUT2D eigenvalue weighted by Crippen LogP contribution is 2.24. The van der Waals surface area contributed by atoms with E-state index in [-0.39, 0.29) is 6.04 Å². The minimum atomic E-state index is 0.0707. The van der Waals surface area contributed by atoms with E-state index in [1.807, 2.05) is 36.3 Å². The lowest BCUT2D eigenvalue weighted by Gasteiger charge is -2.13. The van der Waals surface area contributed by atoms with Crippen molar-refractivity contribution in [3.63, 3.8) is 0 Å². The Morgan fingerprint density at radius 2 is 2.18 bits per heavy atom. The Labute approximate surface area is 106 Å². The molecule has 1 heterocycles. The molecule has 0 bridgehead atoms. The van der Waals surface area contributed by atoms with Gasteiger partial charge < -0.3 is 5.73 Å². The summed E-state index contributed by atoms with van der Waals surface area (Å²) >= 11 is 1.74. The molecule has 90 valence electrons. The average molecular weight is 247 g/mol. The van der Waals surface area contributed by atoms with Gasteiger partial charge >= 0.3 is 0 Å². The lowest BCUT2D eigenvalue weighted by atomic mass is 10.0. The van der Waals surface area contributed by atoms with Crippen LogP contribution in [-0.4, -0.2) is 15.5 Å². The summed E-state index contributed by atoms with van der Waals surface area (Å²) in [6, 6.07) is 8.35. The van der Waals surface area contributed by atoms with Crippen LogP contribution in [0.4, 0.5) is 0 Å². The molecule has 0 aliphatic carbocycles. The van der Waals surface area contributed by atoms with Gasteiger partial charge in [-0.15, -0.1) is 11.8 Å². The number of nitrogens with two attached hydrogens (primary N) is 1. The van der Waals surface area contributed by atoms with E-state index >= 15 is 0 Å². The Morgan fingerprint density at radius 3 is 2.82 bits per heavy atom. The summed E-state index contributed by atoms with van der Waals surface area (Å²) < 4.78 is 1.81. The topological polar surface area (TPSA) is 43.8 Å². The molecule has 0 saturated heterocycles. The lowest BCUT2D eigenvalue weighted by molar-refractivity contribution is 0.766. The summed E-state index contributed by atoms with van der Waals surface area (Å²) in [6.45, 7) is 2.10. The first-order chi connectivity index (χ1) is 8.16. The minimum absolute atomic E-state index is 0.0707. The van der Waals surface area contributed by atoms with Crippen molar-refractivity contribution >= 4 is 11.8 Å². The highest BCUT2D eigenvalue weighted by Gasteiger charge is 2.09. The monoisotopic (exact) mass is 247 g/mol.